The Morgan fingerprint density at radius 3 is 2.73 bits per heavy atom. The van der Waals surface area contributed by atoms with Crippen LogP contribution in [0.3, 0.4) is 0 Å². The fraction of sp³-hybridized carbons (Fsp3) is 0.214. The molecule has 0 saturated carbocycles. The summed E-state index contributed by atoms with van der Waals surface area (Å²) < 4.78 is 25.5. The van der Waals surface area contributed by atoms with Crippen LogP contribution in [0, 0.1) is 5.82 Å². The summed E-state index contributed by atoms with van der Waals surface area (Å²) >= 11 is 0. The molecule has 0 aliphatic heterocycles. The number of carbonyl (C=O) groups excluding carboxylic acids is 1. The highest BCUT2D eigenvalue weighted by Crippen LogP contribution is 2.23. The van der Waals surface area contributed by atoms with Gasteiger partial charge in [-0.2, -0.15) is 0 Å². The molecule has 22 heavy (non-hydrogen) atoms. The number of aromatic nitrogens is 3. The van der Waals surface area contributed by atoms with Gasteiger partial charge in [0.2, 0.25) is 0 Å². The van der Waals surface area contributed by atoms with Gasteiger partial charge in [-0.15, -0.1) is 5.10 Å². The molecule has 0 N–H and O–H groups in total. The van der Waals surface area contributed by atoms with Gasteiger partial charge in [-0.25, -0.2) is 9.07 Å². The van der Waals surface area contributed by atoms with E-state index in [9.17, 15) is 14.0 Å². The van der Waals surface area contributed by atoms with Crippen molar-refractivity contribution in [3.8, 4) is 6.01 Å². The van der Waals surface area contributed by atoms with Gasteiger partial charge in [-0.1, -0.05) is 0 Å². The first-order valence-corrected chi connectivity index (χ1v) is 6.38. The number of carbonyl (C=O) groups is 1. The Morgan fingerprint density at radius 1 is 1.27 bits per heavy atom. The standard InChI is InChI=1S/C14H12FN3O4/c1-21-12(19)7-17-13(20)11-5-8-3-4-9(15)6-10(8)18(11)14(16-17)22-2/h3-6H,7H2,1-2H3. The summed E-state index contributed by atoms with van der Waals surface area (Å²) in [5.74, 6) is -1.04. The number of benzene rings is 1. The van der Waals surface area contributed by atoms with Crippen molar-refractivity contribution in [2.75, 3.05) is 14.2 Å². The van der Waals surface area contributed by atoms with E-state index in [4.69, 9.17) is 4.74 Å². The number of esters is 1. The monoisotopic (exact) mass is 305 g/mol. The second kappa shape index (κ2) is 5.14. The van der Waals surface area contributed by atoms with Gasteiger partial charge in [0.05, 0.1) is 19.7 Å². The lowest BCUT2D eigenvalue weighted by molar-refractivity contribution is -0.141. The maximum Gasteiger partial charge on any atom is 0.327 e. The molecule has 0 fully saturated rings. The summed E-state index contributed by atoms with van der Waals surface area (Å²) in [7, 11) is 2.59. The Morgan fingerprint density at radius 2 is 2.05 bits per heavy atom. The van der Waals surface area contributed by atoms with E-state index in [1.165, 1.54) is 30.8 Å². The van der Waals surface area contributed by atoms with Gasteiger partial charge in [-0.3, -0.25) is 14.0 Å². The van der Waals surface area contributed by atoms with Gasteiger partial charge in [0, 0.05) is 5.39 Å². The first-order chi connectivity index (χ1) is 10.5. The minimum Gasteiger partial charge on any atom is -0.468 e. The summed E-state index contributed by atoms with van der Waals surface area (Å²) in [5, 5.41) is 4.64. The van der Waals surface area contributed by atoms with Crippen molar-refractivity contribution < 1.29 is 18.7 Å². The van der Waals surface area contributed by atoms with Crippen molar-refractivity contribution in [3.05, 3.63) is 40.4 Å². The van der Waals surface area contributed by atoms with Crippen LogP contribution in [0.25, 0.3) is 16.4 Å². The Kier molecular flexibility index (Phi) is 3.28. The molecular weight excluding hydrogens is 293 g/mol. The summed E-state index contributed by atoms with van der Waals surface area (Å²) in [5.41, 5.74) is 0.195. The molecule has 0 radical (unpaired) electrons. The molecule has 8 heteroatoms. The number of hydrogen-bond donors (Lipinski definition) is 0. The molecule has 2 aromatic heterocycles. The SMILES string of the molecule is COC(=O)Cn1nc(OC)n2c(cc3ccc(F)cc32)c1=O. The molecule has 0 unspecified atom stereocenters. The number of halogens is 1. The molecule has 1 aromatic carbocycles. The highest BCUT2D eigenvalue weighted by molar-refractivity contribution is 5.87. The predicted octanol–water partition coefficient (Wildman–Crippen LogP) is 0.970. The van der Waals surface area contributed by atoms with Crippen molar-refractivity contribution in [3.63, 3.8) is 0 Å². The Labute approximate surface area is 123 Å². The van der Waals surface area contributed by atoms with Gasteiger partial charge in [0.1, 0.15) is 17.9 Å². The van der Waals surface area contributed by atoms with Crippen molar-refractivity contribution in [2.24, 2.45) is 0 Å². The van der Waals surface area contributed by atoms with Crippen molar-refractivity contribution >= 4 is 22.4 Å². The molecule has 0 aliphatic rings. The van der Waals surface area contributed by atoms with E-state index in [-0.39, 0.29) is 18.1 Å². The van der Waals surface area contributed by atoms with E-state index in [0.29, 0.717) is 10.9 Å². The summed E-state index contributed by atoms with van der Waals surface area (Å²) in [6.45, 7) is -0.335. The number of nitrogens with zero attached hydrogens (tertiary/aromatic N) is 3. The third-order valence-electron chi connectivity index (χ3n) is 3.31. The van der Waals surface area contributed by atoms with Crippen LogP contribution in [-0.2, 0) is 16.1 Å². The lowest BCUT2D eigenvalue weighted by Gasteiger charge is -2.08. The van der Waals surface area contributed by atoms with Crippen LogP contribution in [0.1, 0.15) is 0 Å². The fourth-order valence-electron chi connectivity index (χ4n) is 2.29. The lowest BCUT2D eigenvalue weighted by Crippen LogP contribution is -2.29. The van der Waals surface area contributed by atoms with Crippen molar-refractivity contribution in [2.45, 2.75) is 6.54 Å². The molecule has 7 nitrogen and oxygen atoms in total. The molecule has 0 bridgehead atoms. The van der Waals surface area contributed by atoms with Gasteiger partial charge < -0.3 is 9.47 Å². The second-order valence-corrected chi connectivity index (χ2v) is 4.59. The van der Waals surface area contributed by atoms with Crippen LogP contribution in [0.15, 0.2) is 29.1 Å². The zero-order valence-electron chi connectivity index (χ0n) is 11.9. The van der Waals surface area contributed by atoms with E-state index in [1.54, 1.807) is 12.1 Å². The Hall–Kier alpha value is -2.90. The van der Waals surface area contributed by atoms with Crippen molar-refractivity contribution in [1.29, 1.82) is 0 Å². The quantitative estimate of drug-likeness (QED) is 0.674. The number of hydrogen-bond acceptors (Lipinski definition) is 5. The minimum absolute atomic E-state index is 0.0686. The molecule has 3 aromatic rings. The summed E-state index contributed by atoms with van der Waals surface area (Å²) in [6.07, 6.45) is 0. The molecule has 0 saturated heterocycles. The summed E-state index contributed by atoms with van der Waals surface area (Å²) in [6, 6.07) is 5.81. The first kappa shape index (κ1) is 14.1. The van der Waals surface area contributed by atoms with Crippen LogP contribution in [0.2, 0.25) is 0 Å². The van der Waals surface area contributed by atoms with Gasteiger partial charge in [-0.05, 0) is 24.3 Å². The average Bonchev–Trinajstić information content (AvgIpc) is 2.89. The highest BCUT2D eigenvalue weighted by atomic mass is 19.1. The van der Waals surface area contributed by atoms with Crippen LogP contribution in [0.4, 0.5) is 4.39 Å². The Bertz CT molecular complexity index is 945. The second-order valence-electron chi connectivity index (χ2n) is 4.59. The molecular formula is C14H12FN3O4. The highest BCUT2D eigenvalue weighted by Gasteiger charge is 2.16. The van der Waals surface area contributed by atoms with E-state index >= 15 is 0 Å². The fourth-order valence-corrected chi connectivity index (χ4v) is 2.29. The average molecular weight is 305 g/mol. The van der Waals surface area contributed by atoms with Gasteiger partial charge in [0.25, 0.3) is 5.56 Å². The first-order valence-electron chi connectivity index (χ1n) is 6.38. The van der Waals surface area contributed by atoms with Crippen LogP contribution < -0.4 is 10.3 Å². The van der Waals surface area contributed by atoms with Crippen LogP contribution in [0.5, 0.6) is 6.01 Å². The number of ether oxygens (including phenoxy) is 2. The molecule has 0 spiro atoms. The third-order valence-corrected chi connectivity index (χ3v) is 3.31. The van der Waals surface area contributed by atoms with Crippen LogP contribution >= 0.6 is 0 Å². The molecule has 2 heterocycles. The summed E-state index contributed by atoms with van der Waals surface area (Å²) in [4.78, 5) is 23.8. The molecule has 0 aliphatic carbocycles. The molecule has 0 atom stereocenters. The predicted molar refractivity (Wildman–Crippen MR) is 75.5 cm³/mol. The normalized spacial score (nSPS) is 11.0. The molecule has 114 valence electrons. The van der Waals surface area contributed by atoms with E-state index in [2.05, 4.69) is 9.84 Å². The minimum atomic E-state index is -0.608. The zero-order chi connectivity index (χ0) is 15.9. The maximum atomic E-state index is 13.5. The topological polar surface area (TPSA) is 74.8 Å². The van der Waals surface area contributed by atoms with Crippen LogP contribution in [-0.4, -0.2) is 34.4 Å². The molecule has 0 amide bonds. The Balaban J connectivity index is 2.36. The zero-order valence-corrected chi connectivity index (χ0v) is 11.9. The van der Waals surface area contributed by atoms with Gasteiger partial charge in [0.15, 0.2) is 0 Å². The number of rotatable bonds is 3. The van der Waals surface area contributed by atoms with E-state index in [1.807, 2.05) is 0 Å². The maximum absolute atomic E-state index is 13.5. The smallest absolute Gasteiger partial charge is 0.327 e. The number of methoxy groups -OCH3 is 2. The largest absolute Gasteiger partial charge is 0.468 e. The number of fused-ring (bicyclic) bond motifs is 3. The van der Waals surface area contributed by atoms with E-state index in [0.717, 1.165) is 4.68 Å². The third kappa shape index (κ3) is 2.09. The lowest BCUT2D eigenvalue weighted by atomic mass is 10.2. The van der Waals surface area contributed by atoms with Crippen molar-refractivity contribution in [1.82, 2.24) is 14.2 Å². The van der Waals surface area contributed by atoms with E-state index < -0.39 is 17.3 Å². The van der Waals surface area contributed by atoms with Gasteiger partial charge >= 0.3 is 12.0 Å². The molecule has 3 rings (SSSR count).